The van der Waals surface area contributed by atoms with E-state index in [1.807, 2.05) is 0 Å². The van der Waals surface area contributed by atoms with E-state index < -0.39 is 0 Å². The molecule has 0 fully saturated rings. The second-order valence-corrected chi connectivity index (χ2v) is 1.52. The van der Waals surface area contributed by atoms with Crippen molar-refractivity contribution in [3.05, 3.63) is 0 Å². The predicted octanol–water partition coefficient (Wildman–Crippen LogP) is -0.160. The molecule has 46 valence electrons. The predicted molar refractivity (Wildman–Crippen MR) is 29.6 cm³/mol. The number of imide groups is 1. The SMILES string of the molecule is O=CN(C=O)CCCl. The summed E-state index contributed by atoms with van der Waals surface area (Å²) < 4.78 is 0. The number of hydrogen-bond donors (Lipinski definition) is 0. The average Bonchev–Trinajstić information content (AvgIpc) is 1.83. The van der Waals surface area contributed by atoms with Crippen molar-refractivity contribution in [2.75, 3.05) is 12.4 Å². The van der Waals surface area contributed by atoms with E-state index in [9.17, 15) is 9.59 Å². The van der Waals surface area contributed by atoms with Crippen molar-refractivity contribution in [3.8, 4) is 0 Å². The molecule has 0 heterocycles. The average molecular weight is 136 g/mol. The lowest BCUT2D eigenvalue weighted by Crippen LogP contribution is -2.21. The third kappa shape index (κ3) is 2.58. The molecule has 0 atom stereocenters. The Hall–Kier alpha value is -0.570. The Kier molecular flexibility index (Phi) is 4.26. The molecule has 0 aliphatic carbocycles. The van der Waals surface area contributed by atoms with Gasteiger partial charge in [-0.05, 0) is 0 Å². The van der Waals surface area contributed by atoms with Crippen LogP contribution in [-0.2, 0) is 9.59 Å². The molecule has 0 aromatic carbocycles. The van der Waals surface area contributed by atoms with Gasteiger partial charge in [-0.3, -0.25) is 14.5 Å². The number of amides is 2. The van der Waals surface area contributed by atoms with Crippen molar-refractivity contribution >= 4 is 24.4 Å². The smallest absolute Gasteiger partial charge is 0.216 e. The Morgan fingerprint density at radius 1 is 1.38 bits per heavy atom. The van der Waals surface area contributed by atoms with E-state index >= 15 is 0 Å². The second kappa shape index (κ2) is 4.59. The second-order valence-electron chi connectivity index (χ2n) is 1.14. The van der Waals surface area contributed by atoms with E-state index in [1.54, 1.807) is 0 Å². The number of alkyl halides is 1. The zero-order valence-electron chi connectivity index (χ0n) is 4.21. The minimum atomic E-state index is 0.286. The summed E-state index contributed by atoms with van der Waals surface area (Å²) >= 11 is 5.19. The number of carbonyl (C=O) groups excluding carboxylic acids is 2. The van der Waals surface area contributed by atoms with E-state index in [2.05, 4.69) is 0 Å². The molecule has 0 aromatic heterocycles. The zero-order valence-corrected chi connectivity index (χ0v) is 4.97. The summed E-state index contributed by atoms with van der Waals surface area (Å²) in [6, 6.07) is 0. The van der Waals surface area contributed by atoms with E-state index in [-0.39, 0.29) is 12.4 Å². The van der Waals surface area contributed by atoms with Crippen molar-refractivity contribution in [3.63, 3.8) is 0 Å². The Labute approximate surface area is 52.2 Å². The maximum Gasteiger partial charge on any atom is 0.216 e. The molecular weight excluding hydrogens is 130 g/mol. The summed E-state index contributed by atoms with van der Waals surface area (Å²) in [4.78, 5) is 20.5. The number of halogens is 1. The highest BCUT2D eigenvalue weighted by molar-refractivity contribution is 6.18. The third-order valence-electron chi connectivity index (χ3n) is 0.614. The minimum absolute atomic E-state index is 0.286. The van der Waals surface area contributed by atoms with Gasteiger partial charge in [0.25, 0.3) is 0 Å². The summed E-state index contributed by atoms with van der Waals surface area (Å²) in [7, 11) is 0. The zero-order chi connectivity index (χ0) is 6.41. The van der Waals surface area contributed by atoms with Crippen molar-refractivity contribution in [2.45, 2.75) is 0 Å². The number of carbonyl (C=O) groups is 2. The van der Waals surface area contributed by atoms with Gasteiger partial charge in [0.05, 0.1) is 0 Å². The van der Waals surface area contributed by atoms with Crippen LogP contribution in [0.2, 0.25) is 0 Å². The van der Waals surface area contributed by atoms with Crippen LogP contribution < -0.4 is 0 Å². The van der Waals surface area contributed by atoms with E-state index in [4.69, 9.17) is 11.6 Å². The van der Waals surface area contributed by atoms with E-state index in [0.29, 0.717) is 12.8 Å². The lowest BCUT2D eigenvalue weighted by Gasteiger charge is -2.02. The van der Waals surface area contributed by atoms with Gasteiger partial charge in [-0.1, -0.05) is 0 Å². The molecule has 8 heavy (non-hydrogen) atoms. The molecule has 0 bridgehead atoms. The minimum Gasteiger partial charge on any atom is -0.287 e. The number of rotatable bonds is 4. The largest absolute Gasteiger partial charge is 0.287 e. The monoisotopic (exact) mass is 135 g/mol. The van der Waals surface area contributed by atoms with Gasteiger partial charge >= 0.3 is 0 Å². The van der Waals surface area contributed by atoms with Crippen LogP contribution in [0, 0.1) is 0 Å². The molecule has 0 rings (SSSR count). The first-order chi connectivity index (χ1) is 3.85. The van der Waals surface area contributed by atoms with Crippen molar-refractivity contribution in [1.29, 1.82) is 0 Å². The fourth-order valence-electron chi connectivity index (χ4n) is 0.228. The normalized spacial score (nSPS) is 8.12. The van der Waals surface area contributed by atoms with Crippen LogP contribution in [0.3, 0.4) is 0 Å². The molecule has 0 radical (unpaired) electrons. The van der Waals surface area contributed by atoms with Crippen LogP contribution in [0.25, 0.3) is 0 Å². The highest BCUT2D eigenvalue weighted by atomic mass is 35.5. The fraction of sp³-hybridized carbons (Fsp3) is 0.500. The Morgan fingerprint density at radius 3 is 2.00 bits per heavy atom. The van der Waals surface area contributed by atoms with Crippen LogP contribution in [0.15, 0.2) is 0 Å². The standard InChI is InChI=1S/C4H6ClNO2/c5-1-2-6(3-7)4-8/h3-4H,1-2H2. The Bertz CT molecular complexity index is 78.1. The number of nitrogens with zero attached hydrogens (tertiary/aromatic N) is 1. The van der Waals surface area contributed by atoms with Crippen molar-refractivity contribution < 1.29 is 9.59 Å². The van der Waals surface area contributed by atoms with Gasteiger partial charge in [0.2, 0.25) is 12.8 Å². The quantitative estimate of drug-likeness (QED) is 0.397. The van der Waals surface area contributed by atoms with Crippen LogP contribution >= 0.6 is 11.6 Å². The lowest BCUT2D eigenvalue weighted by atomic mass is 10.7. The lowest BCUT2D eigenvalue weighted by molar-refractivity contribution is -0.128. The Morgan fingerprint density at radius 2 is 1.88 bits per heavy atom. The maximum absolute atomic E-state index is 9.76. The van der Waals surface area contributed by atoms with E-state index in [0.717, 1.165) is 4.90 Å². The summed E-state index contributed by atoms with van der Waals surface area (Å²) in [5.41, 5.74) is 0. The molecule has 0 saturated heterocycles. The first-order valence-electron chi connectivity index (χ1n) is 2.07. The molecule has 0 aliphatic rings. The van der Waals surface area contributed by atoms with Gasteiger partial charge in [-0.15, -0.1) is 11.6 Å². The van der Waals surface area contributed by atoms with Gasteiger partial charge in [0, 0.05) is 12.4 Å². The fourth-order valence-corrected chi connectivity index (χ4v) is 0.423. The summed E-state index contributed by atoms with van der Waals surface area (Å²) in [6.45, 7) is 0.286. The van der Waals surface area contributed by atoms with Gasteiger partial charge < -0.3 is 0 Å². The summed E-state index contributed by atoms with van der Waals surface area (Å²) in [5, 5.41) is 0. The summed E-state index contributed by atoms with van der Waals surface area (Å²) in [6.07, 6.45) is 0.880. The van der Waals surface area contributed by atoms with Crippen LogP contribution in [-0.4, -0.2) is 30.1 Å². The number of hydrogen-bond acceptors (Lipinski definition) is 2. The molecule has 0 N–H and O–H groups in total. The van der Waals surface area contributed by atoms with Gasteiger partial charge in [-0.25, -0.2) is 0 Å². The molecular formula is C4H6ClNO2. The highest BCUT2D eigenvalue weighted by Gasteiger charge is 1.93. The van der Waals surface area contributed by atoms with Gasteiger partial charge in [0.15, 0.2) is 0 Å². The maximum atomic E-state index is 9.76. The molecule has 4 heteroatoms. The summed E-state index contributed by atoms with van der Waals surface area (Å²) in [5.74, 6) is 0.289. The van der Waals surface area contributed by atoms with Crippen molar-refractivity contribution in [2.24, 2.45) is 0 Å². The molecule has 3 nitrogen and oxygen atoms in total. The van der Waals surface area contributed by atoms with Crippen LogP contribution in [0.1, 0.15) is 0 Å². The van der Waals surface area contributed by atoms with Crippen LogP contribution in [0.5, 0.6) is 0 Å². The van der Waals surface area contributed by atoms with Crippen LogP contribution in [0.4, 0.5) is 0 Å². The first kappa shape index (κ1) is 7.43. The van der Waals surface area contributed by atoms with Gasteiger partial charge in [-0.2, -0.15) is 0 Å². The third-order valence-corrected chi connectivity index (χ3v) is 0.783. The van der Waals surface area contributed by atoms with E-state index in [1.165, 1.54) is 0 Å². The van der Waals surface area contributed by atoms with Gasteiger partial charge in [0.1, 0.15) is 0 Å². The first-order valence-corrected chi connectivity index (χ1v) is 2.61. The van der Waals surface area contributed by atoms with Crippen molar-refractivity contribution in [1.82, 2.24) is 4.90 Å². The molecule has 0 aromatic rings. The molecule has 0 aliphatic heterocycles. The molecule has 0 spiro atoms. The molecule has 0 saturated carbocycles. The topological polar surface area (TPSA) is 37.4 Å². The highest BCUT2D eigenvalue weighted by Crippen LogP contribution is 1.78. The molecule has 0 unspecified atom stereocenters. The Balaban J connectivity index is 3.35. The molecule has 2 amide bonds.